The third-order valence-electron chi connectivity index (χ3n) is 3.90. The molecule has 2 N–H and O–H groups in total. The molecule has 0 saturated carbocycles. The SMILES string of the molecule is COC(=O)CCCCc1ccc2c(c1OC)CC(N)C2. The van der Waals surface area contributed by atoms with Crippen molar-refractivity contribution < 1.29 is 14.3 Å². The summed E-state index contributed by atoms with van der Waals surface area (Å²) in [6.45, 7) is 0. The van der Waals surface area contributed by atoms with Gasteiger partial charge in [-0.25, -0.2) is 0 Å². The Morgan fingerprint density at radius 3 is 2.80 bits per heavy atom. The second-order valence-electron chi connectivity index (χ2n) is 5.35. The molecule has 0 aliphatic heterocycles. The minimum Gasteiger partial charge on any atom is -0.496 e. The van der Waals surface area contributed by atoms with Gasteiger partial charge in [0.15, 0.2) is 0 Å². The van der Waals surface area contributed by atoms with Gasteiger partial charge in [-0.05, 0) is 48.8 Å². The molecule has 4 heteroatoms. The van der Waals surface area contributed by atoms with Gasteiger partial charge < -0.3 is 15.2 Å². The minimum absolute atomic E-state index is 0.142. The third-order valence-corrected chi connectivity index (χ3v) is 3.90. The van der Waals surface area contributed by atoms with Gasteiger partial charge in [0.05, 0.1) is 14.2 Å². The quantitative estimate of drug-likeness (QED) is 0.638. The van der Waals surface area contributed by atoms with Crippen molar-refractivity contribution in [1.82, 2.24) is 0 Å². The Morgan fingerprint density at radius 2 is 2.10 bits per heavy atom. The van der Waals surface area contributed by atoms with Crippen molar-refractivity contribution in [3.8, 4) is 5.75 Å². The van der Waals surface area contributed by atoms with Gasteiger partial charge in [0.25, 0.3) is 0 Å². The van der Waals surface area contributed by atoms with E-state index in [0.29, 0.717) is 6.42 Å². The molecule has 1 aliphatic rings. The van der Waals surface area contributed by atoms with Crippen LogP contribution in [0.2, 0.25) is 0 Å². The summed E-state index contributed by atoms with van der Waals surface area (Å²) in [5.74, 6) is 0.852. The lowest BCUT2D eigenvalue weighted by atomic mass is 10.00. The van der Waals surface area contributed by atoms with Gasteiger partial charge >= 0.3 is 5.97 Å². The lowest BCUT2D eigenvalue weighted by Crippen LogP contribution is -2.19. The van der Waals surface area contributed by atoms with E-state index in [2.05, 4.69) is 16.9 Å². The van der Waals surface area contributed by atoms with Crippen LogP contribution in [0.25, 0.3) is 0 Å². The van der Waals surface area contributed by atoms with E-state index in [0.717, 1.165) is 37.9 Å². The molecular formula is C16H23NO3. The molecule has 0 heterocycles. The Kier molecular flexibility index (Phi) is 5.01. The van der Waals surface area contributed by atoms with E-state index in [9.17, 15) is 4.79 Å². The molecule has 1 unspecified atom stereocenters. The van der Waals surface area contributed by atoms with Crippen LogP contribution in [0, 0.1) is 0 Å². The van der Waals surface area contributed by atoms with E-state index < -0.39 is 0 Å². The second-order valence-corrected chi connectivity index (χ2v) is 5.35. The van der Waals surface area contributed by atoms with Crippen molar-refractivity contribution in [2.45, 2.75) is 44.6 Å². The van der Waals surface area contributed by atoms with E-state index in [1.165, 1.54) is 23.8 Å². The zero-order valence-corrected chi connectivity index (χ0v) is 12.3. The number of benzene rings is 1. The molecule has 20 heavy (non-hydrogen) atoms. The van der Waals surface area contributed by atoms with Crippen LogP contribution in [0.15, 0.2) is 12.1 Å². The number of carbonyl (C=O) groups excluding carboxylic acids is 1. The highest BCUT2D eigenvalue weighted by Crippen LogP contribution is 2.34. The van der Waals surface area contributed by atoms with Crippen molar-refractivity contribution >= 4 is 5.97 Å². The van der Waals surface area contributed by atoms with Crippen LogP contribution >= 0.6 is 0 Å². The summed E-state index contributed by atoms with van der Waals surface area (Å²) in [5.41, 5.74) is 9.82. The number of hydrogen-bond acceptors (Lipinski definition) is 4. The highest BCUT2D eigenvalue weighted by atomic mass is 16.5. The number of nitrogens with two attached hydrogens (primary N) is 1. The topological polar surface area (TPSA) is 61.5 Å². The molecule has 1 aliphatic carbocycles. The van der Waals surface area contributed by atoms with Crippen LogP contribution in [-0.2, 0) is 28.8 Å². The number of aryl methyl sites for hydroxylation is 1. The molecule has 1 aromatic carbocycles. The Morgan fingerprint density at radius 1 is 1.30 bits per heavy atom. The van der Waals surface area contributed by atoms with Gasteiger partial charge in [-0.2, -0.15) is 0 Å². The molecular weight excluding hydrogens is 254 g/mol. The zero-order chi connectivity index (χ0) is 14.5. The van der Waals surface area contributed by atoms with Gasteiger partial charge in [0, 0.05) is 12.5 Å². The monoisotopic (exact) mass is 277 g/mol. The van der Waals surface area contributed by atoms with Gasteiger partial charge in [-0.15, -0.1) is 0 Å². The first-order chi connectivity index (χ1) is 9.65. The van der Waals surface area contributed by atoms with Gasteiger partial charge in [0.1, 0.15) is 5.75 Å². The fraction of sp³-hybridized carbons (Fsp3) is 0.562. The van der Waals surface area contributed by atoms with E-state index in [1.54, 1.807) is 7.11 Å². The molecule has 1 atom stereocenters. The van der Waals surface area contributed by atoms with Gasteiger partial charge in [-0.3, -0.25) is 4.79 Å². The Labute approximate surface area is 120 Å². The zero-order valence-electron chi connectivity index (χ0n) is 12.3. The third kappa shape index (κ3) is 3.31. The van der Waals surface area contributed by atoms with Crippen LogP contribution in [0.4, 0.5) is 0 Å². The number of esters is 1. The lowest BCUT2D eigenvalue weighted by Gasteiger charge is -2.13. The van der Waals surface area contributed by atoms with Gasteiger partial charge in [0.2, 0.25) is 0 Å². The van der Waals surface area contributed by atoms with Crippen molar-refractivity contribution in [2.75, 3.05) is 14.2 Å². The van der Waals surface area contributed by atoms with Crippen LogP contribution in [0.5, 0.6) is 5.75 Å². The summed E-state index contributed by atoms with van der Waals surface area (Å²) in [7, 11) is 3.15. The fourth-order valence-electron chi connectivity index (χ4n) is 2.89. The summed E-state index contributed by atoms with van der Waals surface area (Å²) in [6, 6.07) is 4.52. The number of rotatable bonds is 6. The molecule has 0 spiro atoms. The summed E-state index contributed by atoms with van der Waals surface area (Å²) in [4.78, 5) is 11.1. The molecule has 0 aromatic heterocycles. The minimum atomic E-state index is -0.142. The largest absolute Gasteiger partial charge is 0.496 e. The molecule has 4 nitrogen and oxygen atoms in total. The van der Waals surface area contributed by atoms with Crippen molar-refractivity contribution in [3.05, 3.63) is 28.8 Å². The maximum absolute atomic E-state index is 11.1. The molecule has 0 saturated heterocycles. The normalized spacial score (nSPS) is 16.9. The molecule has 0 amide bonds. The van der Waals surface area contributed by atoms with Crippen molar-refractivity contribution in [2.24, 2.45) is 5.73 Å². The average molecular weight is 277 g/mol. The van der Waals surface area contributed by atoms with Crippen LogP contribution in [0.3, 0.4) is 0 Å². The first-order valence-electron chi connectivity index (χ1n) is 7.15. The maximum atomic E-state index is 11.1. The number of unbranched alkanes of at least 4 members (excludes halogenated alkanes) is 1. The van der Waals surface area contributed by atoms with Gasteiger partial charge in [-0.1, -0.05) is 12.1 Å². The number of carbonyl (C=O) groups is 1. The molecule has 0 bridgehead atoms. The Balaban J connectivity index is 1.99. The van der Waals surface area contributed by atoms with Crippen LogP contribution in [-0.4, -0.2) is 26.2 Å². The molecule has 0 radical (unpaired) electrons. The fourth-order valence-corrected chi connectivity index (χ4v) is 2.89. The van der Waals surface area contributed by atoms with E-state index in [4.69, 9.17) is 10.5 Å². The predicted octanol–water partition coefficient (Wildman–Crippen LogP) is 2.01. The summed E-state index contributed by atoms with van der Waals surface area (Å²) in [5, 5.41) is 0. The standard InChI is InChI=1S/C16H23NO3/c1-19-15(18)6-4-3-5-11-7-8-12-9-13(17)10-14(12)16(11)20-2/h7-8,13H,3-6,9-10,17H2,1-2H3. The number of methoxy groups -OCH3 is 2. The van der Waals surface area contributed by atoms with E-state index in [1.807, 2.05) is 0 Å². The van der Waals surface area contributed by atoms with Crippen LogP contribution < -0.4 is 10.5 Å². The highest BCUT2D eigenvalue weighted by molar-refractivity contribution is 5.69. The van der Waals surface area contributed by atoms with E-state index in [-0.39, 0.29) is 12.0 Å². The lowest BCUT2D eigenvalue weighted by molar-refractivity contribution is -0.140. The maximum Gasteiger partial charge on any atom is 0.305 e. The summed E-state index contributed by atoms with van der Waals surface area (Å²) in [6.07, 6.45) is 5.03. The summed E-state index contributed by atoms with van der Waals surface area (Å²) < 4.78 is 10.2. The average Bonchev–Trinajstić information content (AvgIpc) is 2.83. The first kappa shape index (κ1) is 14.9. The second kappa shape index (κ2) is 6.75. The van der Waals surface area contributed by atoms with Crippen molar-refractivity contribution in [3.63, 3.8) is 0 Å². The number of ether oxygens (including phenoxy) is 2. The smallest absolute Gasteiger partial charge is 0.305 e. The predicted molar refractivity (Wildman–Crippen MR) is 77.9 cm³/mol. The van der Waals surface area contributed by atoms with Crippen LogP contribution in [0.1, 0.15) is 36.0 Å². The Bertz CT molecular complexity index is 485. The first-order valence-corrected chi connectivity index (χ1v) is 7.15. The number of hydrogen-bond donors (Lipinski definition) is 1. The highest BCUT2D eigenvalue weighted by Gasteiger charge is 2.23. The molecule has 2 rings (SSSR count). The van der Waals surface area contributed by atoms with Crippen molar-refractivity contribution in [1.29, 1.82) is 0 Å². The Hall–Kier alpha value is -1.55. The molecule has 110 valence electrons. The molecule has 0 fully saturated rings. The molecule has 1 aromatic rings. The van der Waals surface area contributed by atoms with E-state index >= 15 is 0 Å². The number of fused-ring (bicyclic) bond motifs is 1. The summed E-state index contributed by atoms with van der Waals surface area (Å²) >= 11 is 0.